The van der Waals surface area contributed by atoms with Crippen LogP contribution in [0.1, 0.15) is 48.0 Å². The highest BCUT2D eigenvalue weighted by Gasteiger charge is 1.80. The predicted molar refractivity (Wildman–Crippen MR) is 65.8 cm³/mol. The second-order valence-corrected chi connectivity index (χ2v) is 2.98. The molecule has 0 fully saturated rings. The summed E-state index contributed by atoms with van der Waals surface area (Å²) in [7, 11) is -0.400. The zero-order chi connectivity index (χ0) is 10.4. The van der Waals surface area contributed by atoms with E-state index in [2.05, 4.69) is 16.0 Å². The quantitative estimate of drug-likeness (QED) is 0.481. The minimum absolute atomic E-state index is 0. The van der Waals surface area contributed by atoms with Crippen LogP contribution < -0.4 is 0 Å². The first kappa shape index (κ1) is 24.4. The molecule has 0 unspecified atom stereocenters. The van der Waals surface area contributed by atoms with Crippen LogP contribution in [0.4, 0.5) is 0 Å². The molecule has 0 saturated carbocycles. The van der Waals surface area contributed by atoms with Gasteiger partial charge in [0.25, 0.3) is 0 Å². The Hall–Kier alpha value is 0.120. The molecule has 0 N–H and O–H groups in total. The van der Waals surface area contributed by atoms with Gasteiger partial charge in [-0.3, -0.25) is 9.05 Å². The van der Waals surface area contributed by atoms with E-state index >= 15 is 0 Å². The molecule has 6 heteroatoms. The first-order chi connectivity index (χ1) is 6.33. The molecule has 0 aliphatic carbocycles. The van der Waals surface area contributed by atoms with E-state index in [-0.39, 0.29) is 32.2 Å². The molecular formula is C9H24O4P2. The average Bonchev–Trinajstić information content (AvgIpc) is 2.17. The first-order valence-electron chi connectivity index (χ1n) is 4.22. The van der Waals surface area contributed by atoms with E-state index in [4.69, 9.17) is 0 Å². The Morgan fingerprint density at radius 2 is 1.33 bits per heavy atom. The summed E-state index contributed by atoms with van der Waals surface area (Å²) >= 11 is 0. The second-order valence-electron chi connectivity index (χ2n) is 2.17. The lowest BCUT2D eigenvalue weighted by molar-refractivity contribution is 0.334. The minimum Gasteiger partial charge on any atom is -0.294 e. The molecule has 0 atom stereocenters. The standard InChI is InChI=1S/C4H9O2P.C3H7O2P.2CH4/c1-2-3-4-6-7-5;1-2-3-5-6-4;;/h2-4H2,1H3;2-3H2,1H3;2*1H4. The molecule has 94 valence electrons. The van der Waals surface area contributed by atoms with Crippen LogP contribution in [0.2, 0.25) is 0 Å². The maximum atomic E-state index is 9.55. The number of rotatable bonds is 7. The normalized spacial score (nSPS) is 8.40. The molecule has 0 aromatic heterocycles. The minimum atomic E-state index is -0.205. The van der Waals surface area contributed by atoms with Crippen molar-refractivity contribution in [2.45, 2.75) is 48.0 Å². The van der Waals surface area contributed by atoms with E-state index in [9.17, 15) is 9.13 Å². The van der Waals surface area contributed by atoms with E-state index in [1.54, 1.807) is 0 Å². The van der Waals surface area contributed by atoms with Crippen LogP contribution in [0.3, 0.4) is 0 Å². The number of hydrogen-bond donors (Lipinski definition) is 0. The topological polar surface area (TPSA) is 52.6 Å². The molecule has 0 rings (SSSR count). The lowest BCUT2D eigenvalue weighted by atomic mass is 10.4. The van der Waals surface area contributed by atoms with Gasteiger partial charge in [-0.25, -0.2) is 9.13 Å². The van der Waals surface area contributed by atoms with Crippen LogP contribution in [0.15, 0.2) is 0 Å². The molecule has 0 aliphatic heterocycles. The zero-order valence-electron chi connectivity index (χ0n) is 8.06. The summed E-state index contributed by atoms with van der Waals surface area (Å²) in [6.07, 6.45) is 3.01. The van der Waals surface area contributed by atoms with Gasteiger partial charge in [0, 0.05) is 0 Å². The van der Waals surface area contributed by atoms with Gasteiger partial charge in [0.05, 0.1) is 13.2 Å². The molecule has 0 saturated heterocycles. The van der Waals surface area contributed by atoms with Gasteiger partial charge in [-0.2, -0.15) is 0 Å². The third-order valence-corrected chi connectivity index (χ3v) is 1.57. The van der Waals surface area contributed by atoms with E-state index in [0.29, 0.717) is 13.2 Å². The van der Waals surface area contributed by atoms with Crippen molar-refractivity contribution in [3.63, 3.8) is 0 Å². The van der Waals surface area contributed by atoms with Crippen LogP contribution in [0, 0.1) is 0 Å². The van der Waals surface area contributed by atoms with Crippen LogP contribution in [0.5, 0.6) is 0 Å². The molecule has 0 bridgehead atoms. The molecule has 0 aliphatic rings. The molecule has 0 radical (unpaired) electrons. The van der Waals surface area contributed by atoms with Crippen molar-refractivity contribution in [2.24, 2.45) is 0 Å². The van der Waals surface area contributed by atoms with Crippen LogP contribution in [-0.4, -0.2) is 13.2 Å². The van der Waals surface area contributed by atoms with Gasteiger partial charge in [-0.1, -0.05) is 35.1 Å². The summed E-state index contributed by atoms with van der Waals surface area (Å²) in [5.41, 5.74) is 0. The van der Waals surface area contributed by atoms with Gasteiger partial charge in [-0.05, 0) is 12.8 Å². The Bertz CT molecular complexity index is 112. The fourth-order valence-corrected chi connectivity index (χ4v) is 0.835. The Kier molecular flexibility index (Phi) is 47.5. The Morgan fingerprint density at radius 3 is 1.60 bits per heavy atom. The fourth-order valence-electron chi connectivity index (χ4n) is 0.375. The Morgan fingerprint density at radius 1 is 0.867 bits per heavy atom. The summed E-state index contributed by atoms with van der Waals surface area (Å²) < 4.78 is 27.9. The molecule has 0 aromatic carbocycles. The SMILES string of the molecule is C.C.CCCCOP=O.CCCOP=O. The van der Waals surface area contributed by atoms with Crippen molar-refractivity contribution in [1.29, 1.82) is 0 Å². The van der Waals surface area contributed by atoms with Gasteiger partial charge < -0.3 is 0 Å². The predicted octanol–water partition coefficient (Wildman–Crippen LogP) is 4.90. The van der Waals surface area contributed by atoms with E-state index < -0.39 is 0 Å². The van der Waals surface area contributed by atoms with Crippen molar-refractivity contribution >= 4 is 17.4 Å². The monoisotopic (exact) mass is 258 g/mol. The third-order valence-electron chi connectivity index (χ3n) is 0.990. The van der Waals surface area contributed by atoms with Crippen LogP contribution in [-0.2, 0) is 18.2 Å². The van der Waals surface area contributed by atoms with Gasteiger partial charge in [0.15, 0.2) is 0 Å². The molecular weight excluding hydrogens is 234 g/mol. The highest BCUT2D eigenvalue weighted by molar-refractivity contribution is 7.17. The average molecular weight is 258 g/mol. The van der Waals surface area contributed by atoms with Crippen molar-refractivity contribution in [1.82, 2.24) is 0 Å². The smallest absolute Gasteiger partial charge is 0.294 e. The Balaban J connectivity index is -0.0000000718. The summed E-state index contributed by atoms with van der Waals surface area (Å²) in [6.45, 7) is 5.23. The first-order valence-corrected chi connectivity index (χ1v) is 5.68. The zero-order valence-corrected chi connectivity index (χ0v) is 9.85. The summed E-state index contributed by atoms with van der Waals surface area (Å²) in [5.74, 6) is 0. The second kappa shape index (κ2) is 29.2. The van der Waals surface area contributed by atoms with Crippen molar-refractivity contribution in [3.8, 4) is 0 Å². The van der Waals surface area contributed by atoms with Gasteiger partial charge >= 0.3 is 17.4 Å². The van der Waals surface area contributed by atoms with Crippen LogP contribution in [0.25, 0.3) is 0 Å². The summed E-state index contributed by atoms with van der Waals surface area (Å²) in [5, 5.41) is 0. The third kappa shape index (κ3) is 40.9. The molecule has 15 heavy (non-hydrogen) atoms. The number of unbranched alkanes of at least 4 members (excludes halogenated alkanes) is 1. The van der Waals surface area contributed by atoms with Crippen molar-refractivity contribution in [2.75, 3.05) is 13.2 Å². The van der Waals surface area contributed by atoms with Gasteiger partial charge in [-0.15, -0.1) is 0 Å². The molecule has 0 amide bonds. The Labute approximate surface area is 97.3 Å². The van der Waals surface area contributed by atoms with Crippen molar-refractivity contribution in [3.05, 3.63) is 0 Å². The maximum absolute atomic E-state index is 9.55. The van der Waals surface area contributed by atoms with E-state index in [0.717, 1.165) is 19.3 Å². The summed E-state index contributed by atoms with van der Waals surface area (Å²) in [4.78, 5) is 0. The van der Waals surface area contributed by atoms with E-state index in [1.807, 2.05) is 6.92 Å². The van der Waals surface area contributed by atoms with Crippen molar-refractivity contribution < 1.29 is 18.2 Å². The summed E-state index contributed by atoms with van der Waals surface area (Å²) in [6, 6.07) is 0. The molecule has 0 aromatic rings. The fraction of sp³-hybridized carbons (Fsp3) is 1.00. The lowest BCUT2D eigenvalue weighted by Gasteiger charge is -1.86. The van der Waals surface area contributed by atoms with E-state index in [1.165, 1.54) is 0 Å². The molecule has 0 heterocycles. The lowest BCUT2D eigenvalue weighted by Crippen LogP contribution is -1.79. The largest absolute Gasteiger partial charge is 0.327 e. The highest BCUT2D eigenvalue weighted by atomic mass is 31.1. The van der Waals surface area contributed by atoms with Gasteiger partial charge in [0.1, 0.15) is 0 Å². The molecule has 0 spiro atoms. The van der Waals surface area contributed by atoms with Gasteiger partial charge in [0.2, 0.25) is 0 Å². The maximum Gasteiger partial charge on any atom is 0.327 e. The highest BCUT2D eigenvalue weighted by Crippen LogP contribution is 1.96. The van der Waals surface area contributed by atoms with Crippen LogP contribution >= 0.6 is 17.4 Å². The molecule has 4 nitrogen and oxygen atoms in total. The number of hydrogen-bond acceptors (Lipinski definition) is 4.